The monoisotopic (exact) mass is 314 g/mol. The van der Waals surface area contributed by atoms with Crippen LogP contribution < -0.4 is 9.47 Å². The summed E-state index contributed by atoms with van der Waals surface area (Å²) in [5.74, 6) is 0.0565. The molecule has 0 aliphatic heterocycles. The zero-order valence-corrected chi connectivity index (χ0v) is 13.5. The van der Waals surface area contributed by atoms with Gasteiger partial charge in [0.15, 0.2) is 11.5 Å². The molecule has 0 aliphatic rings. The van der Waals surface area contributed by atoms with Crippen LogP contribution in [0.25, 0.3) is 0 Å². The predicted octanol–water partition coefficient (Wildman–Crippen LogP) is 4.03. The maximum Gasteiger partial charge on any atom is 0.310 e. The van der Waals surface area contributed by atoms with Crippen LogP contribution >= 0.6 is 0 Å². The first-order valence-corrected chi connectivity index (χ1v) is 7.67. The number of para-hydroxylation sites is 2. The molecule has 2 aromatic carbocycles. The predicted molar refractivity (Wildman–Crippen MR) is 89.3 cm³/mol. The summed E-state index contributed by atoms with van der Waals surface area (Å²) < 4.78 is 10.9. The summed E-state index contributed by atoms with van der Waals surface area (Å²) in [5.41, 5.74) is 1.96. The van der Waals surface area contributed by atoms with Crippen molar-refractivity contribution in [2.75, 3.05) is 13.7 Å². The summed E-state index contributed by atoms with van der Waals surface area (Å²) in [6.07, 6.45) is 1.19. The van der Waals surface area contributed by atoms with Gasteiger partial charge in [0.25, 0.3) is 0 Å². The van der Waals surface area contributed by atoms with Gasteiger partial charge in [0.05, 0.1) is 19.6 Å². The Hall–Kier alpha value is -2.49. The molecule has 4 heteroatoms. The first-order chi connectivity index (χ1) is 11.1. The SMILES string of the molecule is COc1ccccc1OCCCC(C(=O)O)c1ccc(C)cc1. The van der Waals surface area contributed by atoms with E-state index in [1.807, 2.05) is 55.5 Å². The van der Waals surface area contributed by atoms with Gasteiger partial charge in [-0.15, -0.1) is 0 Å². The summed E-state index contributed by atoms with van der Waals surface area (Å²) in [4.78, 5) is 11.5. The molecule has 0 aromatic heterocycles. The van der Waals surface area contributed by atoms with Crippen molar-refractivity contribution in [2.24, 2.45) is 0 Å². The van der Waals surface area contributed by atoms with E-state index in [0.29, 0.717) is 30.9 Å². The summed E-state index contributed by atoms with van der Waals surface area (Å²) in [5, 5.41) is 9.43. The Morgan fingerprint density at radius 1 is 1.09 bits per heavy atom. The number of benzene rings is 2. The van der Waals surface area contributed by atoms with Crippen molar-refractivity contribution in [1.82, 2.24) is 0 Å². The Bertz CT molecular complexity index is 634. The molecule has 0 aliphatic carbocycles. The summed E-state index contributed by atoms with van der Waals surface area (Å²) in [6.45, 7) is 2.44. The van der Waals surface area contributed by atoms with Crippen LogP contribution in [0.5, 0.6) is 11.5 Å². The maximum absolute atomic E-state index is 11.5. The topological polar surface area (TPSA) is 55.8 Å². The third-order valence-corrected chi connectivity index (χ3v) is 3.74. The van der Waals surface area contributed by atoms with Crippen LogP contribution in [0.15, 0.2) is 48.5 Å². The van der Waals surface area contributed by atoms with Crippen molar-refractivity contribution in [2.45, 2.75) is 25.7 Å². The van der Waals surface area contributed by atoms with Crippen molar-refractivity contribution in [1.29, 1.82) is 0 Å². The van der Waals surface area contributed by atoms with Gasteiger partial charge in [-0.05, 0) is 37.5 Å². The molecular formula is C19H22O4. The van der Waals surface area contributed by atoms with E-state index in [-0.39, 0.29) is 0 Å². The van der Waals surface area contributed by atoms with Crippen LogP contribution in [0.1, 0.15) is 29.9 Å². The molecule has 0 radical (unpaired) electrons. The third kappa shape index (κ3) is 4.74. The highest BCUT2D eigenvalue weighted by Crippen LogP contribution is 2.27. The molecule has 0 spiro atoms. The summed E-state index contributed by atoms with van der Waals surface area (Å²) in [6, 6.07) is 15.1. The van der Waals surface area contributed by atoms with E-state index < -0.39 is 11.9 Å². The lowest BCUT2D eigenvalue weighted by atomic mass is 9.94. The molecule has 0 fully saturated rings. The largest absolute Gasteiger partial charge is 0.493 e. The van der Waals surface area contributed by atoms with E-state index in [0.717, 1.165) is 11.1 Å². The normalized spacial score (nSPS) is 11.7. The highest BCUT2D eigenvalue weighted by atomic mass is 16.5. The average Bonchev–Trinajstić information content (AvgIpc) is 2.56. The molecule has 2 rings (SSSR count). The fourth-order valence-corrected chi connectivity index (χ4v) is 2.44. The second-order valence-corrected chi connectivity index (χ2v) is 5.44. The number of hydrogen-bond donors (Lipinski definition) is 1. The molecule has 122 valence electrons. The van der Waals surface area contributed by atoms with E-state index in [2.05, 4.69) is 0 Å². The molecular weight excluding hydrogens is 292 g/mol. The molecule has 0 bridgehead atoms. The Morgan fingerprint density at radius 2 is 1.74 bits per heavy atom. The van der Waals surface area contributed by atoms with Gasteiger partial charge in [-0.1, -0.05) is 42.0 Å². The van der Waals surface area contributed by atoms with Crippen LogP contribution in [-0.4, -0.2) is 24.8 Å². The maximum atomic E-state index is 11.5. The first-order valence-electron chi connectivity index (χ1n) is 7.67. The lowest BCUT2D eigenvalue weighted by Crippen LogP contribution is -2.13. The Kier molecular flexibility index (Phi) is 6.03. The highest BCUT2D eigenvalue weighted by Gasteiger charge is 2.19. The van der Waals surface area contributed by atoms with Gasteiger partial charge in [-0.3, -0.25) is 4.79 Å². The van der Waals surface area contributed by atoms with Gasteiger partial charge in [-0.25, -0.2) is 0 Å². The van der Waals surface area contributed by atoms with Crippen molar-refractivity contribution in [3.8, 4) is 11.5 Å². The van der Waals surface area contributed by atoms with Crippen LogP contribution in [0, 0.1) is 6.92 Å². The molecule has 1 unspecified atom stereocenters. The van der Waals surface area contributed by atoms with Gasteiger partial charge in [0.2, 0.25) is 0 Å². The molecule has 0 saturated heterocycles. The molecule has 23 heavy (non-hydrogen) atoms. The molecule has 4 nitrogen and oxygen atoms in total. The average molecular weight is 314 g/mol. The van der Waals surface area contributed by atoms with Gasteiger partial charge in [0, 0.05) is 0 Å². The lowest BCUT2D eigenvalue weighted by molar-refractivity contribution is -0.139. The zero-order valence-electron chi connectivity index (χ0n) is 13.5. The van der Waals surface area contributed by atoms with E-state index >= 15 is 0 Å². The second kappa shape index (κ2) is 8.22. The number of carbonyl (C=O) groups is 1. The molecule has 2 aromatic rings. The number of ether oxygens (including phenoxy) is 2. The zero-order chi connectivity index (χ0) is 16.7. The van der Waals surface area contributed by atoms with Crippen molar-refractivity contribution < 1.29 is 19.4 Å². The minimum absolute atomic E-state index is 0.454. The van der Waals surface area contributed by atoms with E-state index in [4.69, 9.17) is 9.47 Å². The molecule has 1 N–H and O–H groups in total. The Labute approximate surface area is 136 Å². The molecule has 0 heterocycles. The number of rotatable bonds is 8. The van der Waals surface area contributed by atoms with Gasteiger partial charge < -0.3 is 14.6 Å². The number of methoxy groups -OCH3 is 1. The molecule has 1 atom stereocenters. The minimum atomic E-state index is -0.800. The number of carboxylic acids is 1. The van der Waals surface area contributed by atoms with E-state index in [1.54, 1.807) is 7.11 Å². The van der Waals surface area contributed by atoms with Crippen molar-refractivity contribution in [3.05, 3.63) is 59.7 Å². The Balaban J connectivity index is 1.90. The summed E-state index contributed by atoms with van der Waals surface area (Å²) in [7, 11) is 1.60. The van der Waals surface area contributed by atoms with Crippen molar-refractivity contribution >= 4 is 5.97 Å². The highest BCUT2D eigenvalue weighted by molar-refractivity contribution is 5.76. The van der Waals surface area contributed by atoms with E-state index in [9.17, 15) is 9.90 Å². The van der Waals surface area contributed by atoms with Gasteiger partial charge >= 0.3 is 5.97 Å². The molecule has 0 saturated carbocycles. The van der Waals surface area contributed by atoms with Crippen LogP contribution in [-0.2, 0) is 4.79 Å². The number of aryl methyl sites for hydroxylation is 1. The van der Waals surface area contributed by atoms with Gasteiger partial charge in [-0.2, -0.15) is 0 Å². The number of aliphatic carboxylic acids is 1. The second-order valence-electron chi connectivity index (χ2n) is 5.44. The number of hydrogen-bond acceptors (Lipinski definition) is 3. The van der Waals surface area contributed by atoms with Crippen LogP contribution in [0.3, 0.4) is 0 Å². The summed E-state index contributed by atoms with van der Waals surface area (Å²) >= 11 is 0. The quantitative estimate of drug-likeness (QED) is 0.747. The fraction of sp³-hybridized carbons (Fsp3) is 0.316. The lowest BCUT2D eigenvalue weighted by Gasteiger charge is -2.14. The van der Waals surface area contributed by atoms with E-state index in [1.165, 1.54) is 0 Å². The smallest absolute Gasteiger partial charge is 0.310 e. The Morgan fingerprint density at radius 3 is 2.35 bits per heavy atom. The van der Waals surface area contributed by atoms with Gasteiger partial charge in [0.1, 0.15) is 0 Å². The fourth-order valence-electron chi connectivity index (χ4n) is 2.44. The van der Waals surface area contributed by atoms with Crippen LogP contribution in [0.2, 0.25) is 0 Å². The van der Waals surface area contributed by atoms with Crippen molar-refractivity contribution in [3.63, 3.8) is 0 Å². The minimum Gasteiger partial charge on any atom is -0.493 e. The number of carboxylic acid groups (broad SMARTS) is 1. The third-order valence-electron chi connectivity index (χ3n) is 3.74. The standard InChI is InChI=1S/C19H22O4/c1-14-9-11-15(12-10-14)16(19(20)21)6-5-13-23-18-8-4-3-7-17(18)22-2/h3-4,7-12,16H,5-6,13H2,1-2H3,(H,20,21). The first kappa shape index (κ1) is 16.9. The molecule has 0 amide bonds. The van der Waals surface area contributed by atoms with Crippen LogP contribution in [0.4, 0.5) is 0 Å².